The molecule has 9 heteroatoms. The largest absolute Gasteiger partial charge is 0.413 e. The standard InChI is InChI=1S/C34H38N6O2Si/c1-34(2,3)43(4,5)42-22-23-13-15-25(16-14-23)40-32(27-11-7-19-36-31(27)35)38-29-18-17-28(37-33(29)40)24-9-6-10-26(21-24)39-20-8-12-30(39)41/h6-7,9-11,13-19,21H,8,12,20,22H2,1-5H3,(H2,35,36). The van der Waals surface area contributed by atoms with Crippen molar-refractivity contribution >= 4 is 36.9 Å². The van der Waals surface area contributed by atoms with Crippen molar-refractivity contribution in [3.63, 3.8) is 0 Å². The molecule has 43 heavy (non-hydrogen) atoms. The van der Waals surface area contributed by atoms with Gasteiger partial charge in [0, 0.05) is 36.1 Å². The normalized spacial score (nSPS) is 14.2. The Balaban J connectivity index is 1.42. The fourth-order valence-corrected chi connectivity index (χ4v) is 6.09. The molecular formula is C34H38N6O2Si. The van der Waals surface area contributed by atoms with Crippen LogP contribution < -0.4 is 10.6 Å². The summed E-state index contributed by atoms with van der Waals surface area (Å²) >= 11 is 0. The van der Waals surface area contributed by atoms with Crippen LogP contribution in [-0.2, 0) is 15.8 Å². The first-order valence-corrected chi connectivity index (χ1v) is 17.7. The third-order valence-corrected chi connectivity index (χ3v) is 13.2. The molecule has 0 unspecified atom stereocenters. The molecule has 8 nitrogen and oxygen atoms in total. The van der Waals surface area contributed by atoms with Crippen molar-refractivity contribution in [1.82, 2.24) is 19.5 Å². The summed E-state index contributed by atoms with van der Waals surface area (Å²) in [5.74, 6) is 1.24. The monoisotopic (exact) mass is 590 g/mol. The Morgan fingerprint density at radius 1 is 0.953 bits per heavy atom. The number of aromatic nitrogens is 4. The lowest BCUT2D eigenvalue weighted by molar-refractivity contribution is -0.117. The lowest BCUT2D eigenvalue weighted by Gasteiger charge is -2.36. The highest BCUT2D eigenvalue weighted by Gasteiger charge is 2.37. The molecule has 6 rings (SSSR count). The topological polar surface area (TPSA) is 99.2 Å². The van der Waals surface area contributed by atoms with Crippen LogP contribution in [0.15, 0.2) is 79.0 Å². The highest BCUT2D eigenvalue weighted by molar-refractivity contribution is 6.74. The predicted octanol–water partition coefficient (Wildman–Crippen LogP) is 7.38. The predicted molar refractivity (Wildman–Crippen MR) is 176 cm³/mol. The fourth-order valence-electron chi connectivity index (χ4n) is 5.13. The molecule has 0 bridgehead atoms. The lowest BCUT2D eigenvalue weighted by Crippen LogP contribution is -2.40. The molecule has 1 aliphatic heterocycles. The van der Waals surface area contributed by atoms with Crippen molar-refractivity contribution in [2.24, 2.45) is 0 Å². The average Bonchev–Trinajstić information content (AvgIpc) is 3.59. The fraction of sp³-hybridized carbons (Fsp3) is 0.294. The maximum Gasteiger partial charge on any atom is 0.227 e. The number of rotatable bonds is 7. The van der Waals surface area contributed by atoms with Gasteiger partial charge in [-0.05, 0) is 78.6 Å². The Morgan fingerprint density at radius 3 is 2.44 bits per heavy atom. The van der Waals surface area contributed by atoms with Gasteiger partial charge in [-0.3, -0.25) is 9.36 Å². The van der Waals surface area contributed by atoms with Crippen LogP contribution in [0.25, 0.3) is 39.5 Å². The van der Waals surface area contributed by atoms with Gasteiger partial charge in [0.25, 0.3) is 0 Å². The summed E-state index contributed by atoms with van der Waals surface area (Å²) in [5.41, 5.74) is 13.2. The molecule has 0 spiro atoms. The molecule has 4 heterocycles. The number of amides is 1. The van der Waals surface area contributed by atoms with E-state index in [1.54, 1.807) is 6.20 Å². The minimum Gasteiger partial charge on any atom is -0.413 e. The lowest BCUT2D eigenvalue weighted by atomic mass is 10.1. The molecule has 2 N–H and O–H groups in total. The molecule has 0 atom stereocenters. The van der Waals surface area contributed by atoms with Crippen LogP contribution in [0.2, 0.25) is 18.1 Å². The van der Waals surface area contributed by atoms with Gasteiger partial charge in [0.05, 0.1) is 17.9 Å². The van der Waals surface area contributed by atoms with Gasteiger partial charge in [-0.2, -0.15) is 0 Å². The molecule has 220 valence electrons. The van der Waals surface area contributed by atoms with E-state index in [0.717, 1.165) is 52.2 Å². The number of pyridine rings is 2. The Kier molecular flexibility index (Phi) is 7.39. The van der Waals surface area contributed by atoms with Gasteiger partial charge in [-0.15, -0.1) is 0 Å². The number of nitrogens with zero attached hydrogens (tertiary/aromatic N) is 5. The zero-order chi connectivity index (χ0) is 30.4. The number of imidazole rings is 1. The van der Waals surface area contributed by atoms with Crippen LogP contribution in [-0.4, -0.2) is 40.3 Å². The van der Waals surface area contributed by atoms with E-state index < -0.39 is 8.32 Å². The molecule has 1 fully saturated rings. The summed E-state index contributed by atoms with van der Waals surface area (Å²) in [4.78, 5) is 28.7. The van der Waals surface area contributed by atoms with Crippen LogP contribution in [0.5, 0.6) is 0 Å². The maximum atomic E-state index is 12.4. The average molecular weight is 591 g/mol. The minimum absolute atomic E-state index is 0.147. The summed E-state index contributed by atoms with van der Waals surface area (Å²) in [7, 11) is -1.87. The number of benzene rings is 2. The molecular weight excluding hydrogens is 553 g/mol. The molecule has 5 aromatic rings. The van der Waals surface area contributed by atoms with Gasteiger partial charge in [-0.25, -0.2) is 15.0 Å². The van der Waals surface area contributed by atoms with Crippen LogP contribution in [0.3, 0.4) is 0 Å². The van der Waals surface area contributed by atoms with E-state index in [2.05, 4.69) is 63.1 Å². The van der Waals surface area contributed by atoms with E-state index in [0.29, 0.717) is 30.3 Å². The number of fused-ring (bicyclic) bond motifs is 1. The van der Waals surface area contributed by atoms with Crippen LogP contribution in [0, 0.1) is 0 Å². The highest BCUT2D eigenvalue weighted by Crippen LogP contribution is 2.37. The van der Waals surface area contributed by atoms with Gasteiger partial charge in [0.2, 0.25) is 5.91 Å². The summed E-state index contributed by atoms with van der Waals surface area (Å²) in [5, 5.41) is 0.147. The number of carbonyl (C=O) groups excluding carboxylic acids is 1. The summed E-state index contributed by atoms with van der Waals surface area (Å²) in [6.07, 6.45) is 3.15. The number of anilines is 2. The second kappa shape index (κ2) is 11.1. The zero-order valence-corrected chi connectivity index (χ0v) is 26.5. The third kappa shape index (κ3) is 5.58. The third-order valence-electron chi connectivity index (χ3n) is 8.71. The summed E-state index contributed by atoms with van der Waals surface area (Å²) in [6.45, 7) is 12.6. The van der Waals surface area contributed by atoms with E-state index in [-0.39, 0.29) is 10.9 Å². The molecule has 1 amide bonds. The molecule has 0 aliphatic carbocycles. The van der Waals surface area contributed by atoms with E-state index in [9.17, 15) is 4.79 Å². The first-order chi connectivity index (χ1) is 20.5. The number of hydrogen-bond acceptors (Lipinski definition) is 6. The number of carbonyl (C=O) groups is 1. The molecule has 0 radical (unpaired) electrons. The smallest absolute Gasteiger partial charge is 0.227 e. The molecule has 1 saturated heterocycles. The Bertz CT molecular complexity index is 1810. The van der Waals surface area contributed by atoms with E-state index >= 15 is 0 Å². The number of hydrogen-bond donors (Lipinski definition) is 1. The van der Waals surface area contributed by atoms with E-state index in [1.165, 1.54) is 0 Å². The van der Waals surface area contributed by atoms with Gasteiger partial charge >= 0.3 is 0 Å². The zero-order valence-electron chi connectivity index (χ0n) is 25.5. The van der Waals surface area contributed by atoms with Crippen molar-refractivity contribution in [1.29, 1.82) is 0 Å². The number of nitrogens with two attached hydrogens (primary N) is 1. The first kappa shape index (κ1) is 28.8. The first-order valence-electron chi connectivity index (χ1n) is 14.8. The Hall–Kier alpha value is -4.34. The molecule has 2 aromatic carbocycles. The van der Waals surface area contributed by atoms with E-state index in [4.69, 9.17) is 20.1 Å². The van der Waals surface area contributed by atoms with Gasteiger partial charge in [-0.1, -0.05) is 45.0 Å². The van der Waals surface area contributed by atoms with Crippen molar-refractivity contribution in [2.75, 3.05) is 17.2 Å². The number of nitrogen functional groups attached to an aromatic ring is 1. The Morgan fingerprint density at radius 2 is 1.74 bits per heavy atom. The maximum absolute atomic E-state index is 12.4. The van der Waals surface area contributed by atoms with Gasteiger partial charge in [0.1, 0.15) is 11.3 Å². The highest BCUT2D eigenvalue weighted by atomic mass is 28.4. The van der Waals surface area contributed by atoms with Gasteiger partial charge in [0.15, 0.2) is 19.8 Å². The summed E-state index contributed by atoms with van der Waals surface area (Å²) < 4.78 is 8.51. The van der Waals surface area contributed by atoms with Crippen LogP contribution in [0.1, 0.15) is 39.2 Å². The van der Waals surface area contributed by atoms with Crippen LogP contribution in [0.4, 0.5) is 11.5 Å². The van der Waals surface area contributed by atoms with Crippen molar-refractivity contribution in [3.05, 3.63) is 84.6 Å². The van der Waals surface area contributed by atoms with Crippen molar-refractivity contribution in [3.8, 4) is 28.3 Å². The Labute approximate surface area is 253 Å². The second-order valence-electron chi connectivity index (χ2n) is 12.7. The van der Waals surface area contributed by atoms with E-state index in [1.807, 2.05) is 58.0 Å². The second-order valence-corrected chi connectivity index (χ2v) is 17.5. The van der Waals surface area contributed by atoms with Crippen LogP contribution >= 0.6 is 0 Å². The quantitative estimate of drug-likeness (QED) is 0.199. The van der Waals surface area contributed by atoms with Crippen molar-refractivity contribution < 1.29 is 9.22 Å². The van der Waals surface area contributed by atoms with Gasteiger partial charge < -0.3 is 15.1 Å². The summed E-state index contributed by atoms with van der Waals surface area (Å²) in [6, 6.07) is 24.1. The molecule has 0 saturated carbocycles. The molecule has 1 aliphatic rings. The molecule has 3 aromatic heterocycles. The SMILES string of the molecule is CC(C)(C)[Si](C)(C)OCc1ccc(-n2c(-c3cccnc3N)nc3ccc(-c4cccc(N5CCCC5=O)c4)nc32)cc1. The minimum atomic E-state index is -1.87. The van der Waals surface area contributed by atoms with Crippen molar-refractivity contribution in [2.45, 2.75) is 58.4 Å².